The van der Waals surface area contributed by atoms with Gasteiger partial charge in [0.1, 0.15) is 90.6 Å². The smallest absolute Gasteiger partial charge is 0.326 e. The maximum atomic E-state index is 14.8. The number of aromatic nitrogens is 1. The number of H-pyrrole nitrogens is 1. The van der Waals surface area contributed by atoms with Crippen molar-refractivity contribution < 1.29 is 102 Å². The molecule has 0 saturated carbocycles. The largest absolute Gasteiger partial charge is 0.480 e. The fraction of sp³-hybridized carbons (Fsp3) is 0.600. The lowest BCUT2D eigenvalue weighted by Crippen LogP contribution is -2.63. The van der Waals surface area contributed by atoms with Gasteiger partial charge in [-0.25, -0.2) is 4.79 Å². The van der Waals surface area contributed by atoms with E-state index in [1.807, 2.05) is 51.1 Å². The average Bonchev–Trinajstić information content (AvgIpc) is 1.72. The van der Waals surface area contributed by atoms with E-state index < -0.39 is 247 Å². The van der Waals surface area contributed by atoms with Crippen LogP contribution in [0.15, 0.2) is 91.1 Å². The number of likely N-dealkylation sites (tertiary alicyclic amines) is 1. The molecule has 5 rings (SSSR count). The Balaban J connectivity index is 1.22. The van der Waals surface area contributed by atoms with Gasteiger partial charge in [0.05, 0.1) is 31.8 Å². The minimum absolute atomic E-state index is 0.0308. The van der Waals surface area contributed by atoms with E-state index in [-0.39, 0.29) is 81.6 Å². The van der Waals surface area contributed by atoms with E-state index in [1.54, 1.807) is 137 Å². The highest BCUT2D eigenvalue weighted by Crippen LogP contribution is 2.24. The highest BCUT2D eigenvalue weighted by Gasteiger charge is 2.42. The third-order valence-corrected chi connectivity index (χ3v) is 23.8. The Bertz CT molecular complexity index is 4680. The predicted molar refractivity (Wildman–Crippen MR) is 503 cm³/mol. The van der Waals surface area contributed by atoms with Gasteiger partial charge in [-0.05, 0) is 130 Å². The molecule has 20 atom stereocenters. The highest BCUT2D eigenvalue weighted by atomic mass is 16.4. The first-order valence-electron chi connectivity index (χ1n) is 46.6. The average molecular weight is 1890 g/mol. The molecule has 0 radical (unpaired) electrons. The summed E-state index contributed by atoms with van der Waals surface area (Å²) in [6, 6.07) is 3.55. The van der Waals surface area contributed by atoms with Crippen LogP contribution in [0.4, 0.5) is 0 Å². The maximum Gasteiger partial charge on any atom is 0.326 e. The first kappa shape index (κ1) is 113. The molecule has 746 valence electrons. The Kier molecular flexibility index (Phi) is 46.4. The summed E-state index contributed by atoms with van der Waals surface area (Å²) in [5.41, 5.74) is 9.01. The lowest BCUT2D eigenvalue weighted by Gasteiger charge is -2.30. The minimum Gasteiger partial charge on any atom is -0.480 e. The molecule has 40 heteroatoms. The van der Waals surface area contributed by atoms with Crippen LogP contribution in [0.3, 0.4) is 0 Å². The zero-order valence-corrected chi connectivity index (χ0v) is 80.8. The number of benzene rings is 3. The summed E-state index contributed by atoms with van der Waals surface area (Å²) in [6.07, 6.45) is 2.01. The van der Waals surface area contributed by atoms with Crippen LogP contribution in [0.25, 0.3) is 10.9 Å². The van der Waals surface area contributed by atoms with Crippen LogP contribution in [0.1, 0.15) is 193 Å². The fourth-order valence-corrected chi connectivity index (χ4v) is 15.2. The Morgan fingerprint density at radius 2 is 0.770 bits per heavy atom. The molecule has 4 aromatic rings. The first-order chi connectivity index (χ1) is 63.6. The number of nitrogens with one attached hydrogen (secondary N) is 17. The normalized spacial score (nSPS) is 16.8. The third-order valence-electron chi connectivity index (χ3n) is 23.8. The first-order valence-corrected chi connectivity index (χ1v) is 46.6. The molecule has 0 spiro atoms. The van der Waals surface area contributed by atoms with Crippen molar-refractivity contribution in [3.63, 3.8) is 0 Å². The van der Waals surface area contributed by atoms with Gasteiger partial charge >= 0.3 is 5.97 Å². The molecule has 1 saturated heterocycles. The van der Waals surface area contributed by atoms with E-state index in [2.05, 4.69) is 90.1 Å². The van der Waals surface area contributed by atoms with Crippen LogP contribution in [0.2, 0.25) is 0 Å². The summed E-state index contributed by atoms with van der Waals surface area (Å²) in [4.78, 5) is 255. The van der Waals surface area contributed by atoms with Gasteiger partial charge in [-0.2, -0.15) is 0 Å². The van der Waals surface area contributed by atoms with Gasteiger partial charge in [-0.1, -0.05) is 195 Å². The Labute approximate surface area is 789 Å². The topological polar surface area (TPSA) is 605 Å². The maximum absolute atomic E-state index is 14.8. The predicted octanol–water partition coefficient (Wildman–Crippen LogP) is -0.0163. The number of fused-ring (bicyclic) bond motifs is 1. The molecular formula is C95H145N19O21. The number of aliphatic carboxylic acids is 1. The molecule has 2 heterocycles. The second-order valence-corrected chi connectivity index (χ2v) is 36.8. The van der Waals surface area contributed by atoms with Crippen molar-refractivity contribution in [2.75, 3.05) is 26.2 Å². The molecule has 1 aromatic heterocycles. The van der Waals surface area contributed by atoms with Crippen molar-refractivity contribution in [3.05, 3.63) is 108 Å². The number of amides is 17. The number of carboxylic acid groups (broad SMARTS) is 1. The number of hydrogen-bond donors (Lipinski definition) is 21. The zero-order chi connectivity index (χ0) is 101. The fourth-order valence-electron chi connectivity index (χ4n) is 15.2. The number of carboxylic acids is 1. The molecule has 1 aliphatic heterocycles. The third kappa shape index (κ3) is 36.0. The van der Waals surface area contributed by atoms with Crippen LogP contribution in [-0.2, 0) is 106 Å². The number of carbonyl (C=O) groups is 18. The molecule has 0 aliphatic carbocycles. The van der Waals surface area contributed by atoms with Crippen LogP contribution < -0.4 is 90.8 Å². The number of para-hydroxylation sites is 1. The van der Waals surface area contributed by atoms with Crippen molar-refractivity contribution in [3.8, 4) is 0 Å². The molecule has 0 unspecified atom stereocenters. The van der Waals surface area contributed by atoms with Crippen molar-refractivity contribution in [1.29, 1.82) is 0 Å². The number of nitrogens with two attached hydrogens (primary N) is 1. The second kappa shape index (κ2) is 55.4. The Morgan fingerprint density at radius 1 is 0.393 bits per heavy atom. The quantitative estimate of drug-likeness (QED) is 0.0276. The van der Waals surface area contributed by atoms with Gasteiger partial charge in [0.25, 0.3) is 0 Å². The number of carbonyl (C=O) groups excluding carboxylic acids is 17. The van der Waals surface area contributed by atoms with Gasteiger partial charge in [0, 0.05) is 36.5 Å². The molecule has 22 N–H and O–H groups in total. The highest BCUT2D eigenvalue weighted by molar-refractivity contribution is 6.02. The minimum atomic E-state index is -1.81. The second-order valence-electron chi connectivity index (χ2n) is 36.8. The van der Waals surface area contributed by atoms with Crippen molar-refractivity contribution >= 4 is 117 Å². The molecular weight excluding hydrogens is 1740 g/mol. The number of aliphatic hydroxyl groups excluding tert-OH is 2. The SMILES string of the molecule is CC[C@H](C)[C@H](NC(=O)[C@H](C)NC(=O)CNC(=O)[C@@H](NC(=O)[C@H](Cc1c[nH]c2ccccc12)NC(=O)CNC(=O)[C@H](CC(C)C)NC(=O)[C@H](Cc1ccccc1)NC(=O)[C@H](C)NC(=O)[C@H](CC(C)C)NC(=O)[C@@H](NC(=O)[C@@H](N)Cc1ccccc1)[C@@H](C)CC)[C@@H](C)CC)C(=O)N[C@H](C(=O)N[C@@H](CO)C(=O)N[C@H](C(=O)N[C@@H](C)C(=O)N[C@@H](CC(C)C)C(=O)N1CCC[C@H]1C(=O)O)[C@@H](C)O)C(C)C. The van der Waals surface area contributed by atoms with Crippen LogP contribution >= 0.6 is 0 Å². The van der Waals surface area contributed by atoms with Gasteiger partial charge in [0.15, 0.2) is 0 Å². The van der Waals surface area contributed by atoms with E-state index in [0.717, 1.165) is 12.5 Å². The molecule has 40 nitrogen and oxygen atoms in total. The summed E-state index contributed by atoms with van der Waals surface area (Å²) in [6.45, 7) is 27.1. The molecule has 135 heavy (non-hydrogen) atoms. The van der Waals surface area contributed by atoms with E-state index in [1.165, 1.54) is 25.7 Å². The number of aromatic amines is 1. The number of hydrogen-bond acceptors (Lipinski definition) is 21. The van der Waals surface area contributed by atoms with Gasteiger partial charge in [-0.3, -0.25) is 81.5 Å². The summed E-state index contributed by atoms with van der Waals surface area (Å²) in [7, 11) is 0. The van der Waals surface area contributed by atoms with E-state index in [9.17, 15) is 102 Å². The molecule has 0 bridgehead atoms. The Morgan fingerprint density at radius 3 is 1.30 bits per heavy atom. The molecule has 17 amide bonds. The van der Waals surface area contributed by atoms with Crippen molar-refractivity contribution in [2.24, 2.45) is 47.2 Å². The van der Waals surface area contributed by atoms with Crippen LogP contribution in [0.5, 0.6) is 0 Å². The van der Waals surface area contributed by atoms with Crippen LogP contribution in [-0.4, -0.2) is 261 Å². The van der Waals surface area contributed by atoms with Crippen molar-refractivity contribution in [2.45, 2.75) is 298 Å². The van der Waals surface area contributed by atoms with E-state index in [0.29, 0.717) is 41.3 Å². The summed E-state index contributed by atoms with van der Waals surface area (Å²) < 4.78 is 0. The molecule has 1 aliphatic rings. The lowest BCUT2D eigenvalue weighted by atomic mass is 9.96. The van der Waals surface area contributed by atoms with Gasteiger partial charge in [0.2, 0.25) is 100 Å². The van der Waals surface area contributed by atoms with E-state index >= 15 is 0 Å². The van der Waals surface area contributed by atoms with E-state index in [4.69, 9.17) is 5.73 Å². The van der Waals surface area contributed by atoms with Crippen molar-refractivity contribution in [1.82, 2.24) is 95.0 Å². The zero-order valence-electron chi connectivity index (χ0n) is 80.8. The summed E-state index contributed by atoms with van der Waals surface area (Å²) in [5, 5.41) is 73.1. The standard InChI is InChI=1S/C95H145N19O21/c1-19-53(12)76(89(128)99-46-73(117)100-56(15)82(121)110-78(55(14)21-3)92(131)109-75(52(10)11)90(129)108-71(48-115)88(127)113-79(59(18)116)93(132)102-58(17)81(120)107-70(41-51(8)9)94(133)114-38-30-37-72(114)95(134)135)112-87(126)69(44-62-45-97-65-36-29-28-35-63(62)65)103-74(118)47-98-84(123)66(39-49(4)5)105-86(125)68(43-61-33-26-23-27-34-61)104-80(119)57(16)101-85(124)67(40-50(6)7)106-91(130)77(54(13)20-2)111-83(122)64(96)42-60-31-24-22-25-32-60/h22-29,31-36,45,49-59,64,66-72,75-79,97,115-116H,19-21,30,37-44,46-48,96H2,1-18H3,(H,98,123)(H,99,128)(H,100,117)(H,101,124)(H,102,132)(H,103,118)(H,104,119)(H,105,125)(H,106,130)(H,107,120)(H,108,129)(H,109,131)(H,110,121)(H,111,122)(H,112,126)(H,113,127)(H,134,135)/t53-,54-,55-,56-,57-,58-,59+,64-,66-,67-,68-,69-,70-,71-,72-,75-,76-,77-,78-,79-/m0/s1. The Hall–Kier alpha value is -12.5. The summed E-state index contributed by atoms with van der Waals surface area (Å²) >= 11 is 0. The number of aliphatic hydroxyl groups is 2. The van der Waals surface area contributed by atoms with Gasteiger partial charge in [-0.15, -0.1) is 0 Å². The molecule has 1 fully saturated rings. The number of rotatable bonds is 55. The summed E-state index contributed by atoms with van der Waals surface area (Å²) in [5.74, 6) is -18.3. The van der Waals surface area contributed by atoms with Gasteiger partial charge < -0.3 is 116 Å². The van der Waals surface area contributed by atoms with Crippen LogP contribution in [0, 0.1) is 41.4 Å². The number of nitrogens with zero attached hydrogens (tertiary/aromatic N) is 1. The molecule has 3 aromatic carbocycles. The monoisotopic (exact) mass is 1890 g/mol. The lowest BCUT2D eigenvalue weighted by molar-refractivity contribution is -0.149.